The van der Waals surface area contributed by atoms with Crippen LogP contribution in [0.25, 0.3) is 0 Å². The molecule has 2 unspecified atom stereocenters. The maximum absolute atomic E-state index is 12.2. The SMILES string of the molecule is CC1CCCC1CNS(=O)(=O)c1ccc([N+](=O)[O-])cc1N. The summed E-state index contributed by atoms with van der Waals surface area (Å²) < 4.78 is 27.0. The third-order valence-corrected chi connectivity index (χ3v) is 5.57. The Morgan fingerprint density at radius 1 is 1.43 bits per heavy atom. The van der Waals surface area contributed by atoms with Crippen LogP contribution in [0.2, 0.25) is 0 Å². The lowest BCUT2D eigenvalue weighted by atomic mass is 9.99. The fourth-order valence-corrected chi connectivity index (χ4v) is 3.92. The normalized spacial score (nSPS) is 22.3. The molecule has 0 heterocycles. The lowest BCUT2D eigenvalue weighted by molar-refractivity contribution is -0.384. The standard InChI is InChI=1S/C13H19N3O4S/c1-9-3-2-4-10(9)8-15-21(19,20)13-6-5-11(16(17)18)7-12(13)14/h5-7,9-10,15H,2-4,8,14H2,1H3. The molecule has 21 heavy (non-hydrogen) atoms. The van der Waals surface area contributed by atoms with Crippen LogP contribution >= 0.6 is 0 Å². The number of non-ortho nitro benzene ring substituents is 1. The number of anilines is 1. The molecular formula is C13H19N3O4S. The van der Waals surface area contributed by atoms with Gasteiger partial charge in [0.2, 0.25) is 10.0 Å². The minimum Gasteiger partial charge on any atom is -0.397 e. The van der Waals surface area contributed by atoms with Crippen LogP contribution in [0.15, 0.2) is 23.1 Å². The van der Waals surface area contributed by atoms with E-state index in [0.717, 1.165) is 31.4 Å². The Kier molecular flexibility index (Phi) is 4.48. The molecule has 0 bridgehead atoms. The van der Waals surface area contributed by atoms with E-state index in [4.69, 9.17) is 5.73 Å². The fourth-order valence-electron chi connectivity index (χ4n) is 2.71. The van der Waals surface area contributed by atoms with Crippen LogP contribution in [0.5, 0.6) is 0 Å². The zero-order chi connectivity index (χ0) is 15.6. The van der Waals surface area contributed by atoms with Crippen molar-refractivity contribution in [1.82, 2.24) is 4.72 Å². The maximum atomic E-state index is 12.2. The second-order valence-electron chi connectivity index (χ2n) is 5.50. The largest absolute Gasteiger partial charge is 0.397 e. The molecule has 2 rings (SSSR count). The summed E-state index contributed by atoms with van der Waals surface area (Å²) in [5.74, 6) is 0.834. The third kappa shape index (κ3) is 3.51. The summed E-state index contributed by atoms with van der Waals surface area (Å²) in [6.45, 7) is 2.49. The van der Waals surface area contributed by atoms with Gasteiger partial charge in [-0.15, -0.1) is 0 Å². The molecule has 1 aromatic rings. The van der Waals surface area contributed by atoms with Crippen molar-refractivity contribution in [3.8, 4) is 0 Å². The average molecular weight is 313 g/mol. The van der Waals surface area contributed by atoms with Gasteiger partial charge in [0, 0.05) is 18.7 Å². The van der Waals surface area contributed by atoms with Gasteiger partial charge >= 0.3 is 0 Å². The molecule has 116 valence electrons. The number of rotatable bonds is 5. The molecule has 3 N–H and O–H groups in total. The van der Waals surface area contributed by atoms with Crippen LogP contribution in [0.3, 0.4) is 0 Å². The van der Waals surface area contributed by atoms with Gasteiger partial charge in [-0.3, -0.25) is 10.1 Å². The molecule has 0 spiro atoms. The quantitative estimate of drug-likeness (QED) is 0.489. The molecule has 0 aromatic heterocycles. The summed E-state index contributed by atoms with van der Waals surface area (Å²) in [6.07, 6.45) is 3.25. The van der Waals surface area contributed by atoms with E-state index in [1.165, 1.54) is 6.07 Å². The number of hydrogen-bond donors (Lipinski definition) is 2. The Balaban J connectivity index is 2.14. The molecule has 7 nitrogen and oxygen atoms in total. The predicted molar refractivity (Wildman–Crippen MR) is 79.2 cm³/mol. The van der Waals surface area contributed by atoms with Crippen LogP contribution in [-0.4, -0.2) is 19.9 Å². The molecule has 1 fully saturated rings. The van der Waals surface area contributed by atoms with Gasteiger partial charge < -0.3 is 5.73 Å². The van der Waals surface area contributed by atoms with Gasteiger partial charge in [0.1, 0.15) is 4.90 Å². The van der Waals surface area contributed by atoms with E-state index in [1.807, 2.05) is 0 Å². The molecule has 1 aliphatic rings. The number of nitro benzene ring substituents is 1. The molecule has 0 amide bonds. The Morgan fingerprint density at radius 3 is 2.67 bits per heavy atom. The molecule has 0 radical (unpaired) electrons. The number of nitrogens with zero attached hydrogens (tertiary/aromatic N) is 1. The molecule has 8 heteroatoms. The van der Waals surface area contributed by atoms with Gasteiger partial charge in [0.05, 0.1) is 10.6 Å². The van der Waals surface area contributed by atoms with Crippen LogP contribution < -0.4 is 10.5 Å². The van der Waals surface area contributed by atoms with Crippen molar-refractivity contribution in [3.05, 3.63) is 28.3 Å². The number of nitrogens with one attached hydrogen (secondary N) is 1. The van der Waals surface area contributed by atoms with Crippen LogP contribution in [-0.2, 0) is 10.0 Å². The summed E-state index contributed by atoms with van der Waals surface area (Å²) in [6, 6.07) is 3.38. The molecule has 1 saturated carbocycles. The molecular weight excluding hydrogens is 294 g/mol. The van der Waals surface area contributed by atoms with E-state index in [-0.39, 0.29) is 16.3 Å². The van der Waals surface area contributed by atoms with Crippen molar-refractivity contribution < 1.29 is 13.3 Å². The Hall–Kier alpha value is -1.67. The molecule has 2 atom stereocenters. The summed E-state index contributed by atoms with van der Waals surface area (Å²) >= 11 is 0. The van der Waals surface area contributed by atoms with E-state index >= 15 is 0 Å². The predicted octanol–water partition coefficient (Wildman–Crippen LogP) is 1.89. The van der Waals surface area contributed by atoms with Crippen molar-refractivity contribution in [1.29, 1.82) is 0 Å². The van der Waals surface area contributed by atoms with Crippen LogP contribution in [0, 0.1) is 22.0 Å². The second-order valence-corrected chi connectivity index (χ2v) is 7.23. The van der Waals surface area contributed by atoms with Gasteiger partial charge in [-0.25, -0.2) is 13.1 Å². The topological polar surface area (TPSA) is 115 Å². The van der Waals surface area contributed by atoms with Gasteiger partial charge in [0.15, 0.2) is 0 Å². The first kappa shape index (κ1) is 15.7. The van der Waals surface area contributed by atoms with Crippen molar-refractivity contribution in [3.63, 3.8) is 0 Å². The number of nitrogen functional groups attached to an aromatic ring is 1. The highest BCUT2D eigenvalue weighted by atomic mass is 32.2. The average Bonchev–Trinajstić information content (AvgIpc) is 2.81. The zero-order valence-corrected chi connectivity index (χ0v) is 12.6. The van der Waals surface area contributed by atoms with Crippen LogP contribution in [0.4, 0.5) is 11.4 Å². The lowest BCUT2D eigenvalue weighted by Crippen LogP contribution is -2.30. The third-order valence-electron chi connectivity index (χ3n) is 4.07. The highest BCUT2D eigenvalue weighted by molar-refractivity contribution is 7.89. The smallest absolute Gasteiger partial charge is 0.271 e. The number of nitro groups is 1. The number of benzene rings is 1. The Morgan fingerprint density at radius 2 is 2.14 bits per heavy atom. The minimum atomic E-state index is -3.74. The maximum Gasteiger partial charge on any atom is 0.271 e. The molecule has 0 saturated heterocycles. The molecule has 0 aliphatic heterocycles. The second kappa shape index (κ2) is 5.98. The van der Waals surface area contributed by atoms with Gasteiger partial charge in [-0.1, -0.05) is 19.8 Å². The fraction of sp³-hybridized carbons (Fsp3) is 0.538. The van der Waals surface area contributed by atoms with Crippen molar-refractivity contribution in [2.24, 2.45) is 11.8 Å². The van der Waals surface area contributed by atoms with E-state index in [2.05, 4.69) is 11.6 Å². The first-order valence-corrected chi connectivity index (χ1v) is 8.33. The number of nitrogens with two attached hydrogens (primary N) is 1. The molecule has 1 aliphatic carbocycles. The Bertz CT molecular complexity index is 645. The van der Waals surface area contributed by atoms with Gasteiger partial charge in [-0.05, 0) is 24.3 Å². The first-order valence-electron chi connectivity index (χ1n) is 6.85. The van der Waals surface area contributed by atoms with Crippen molar-refractivity contribution in [2.75, 3.05) is 12.3 Å². The van der Waals surface area contributed by atoms with Gasteiger partial charge in [0.25, 0.3) is 5.69 Å². The van der Waals surface area contributed by atoms with Crippen molar-refractivity contribution in [2.45, 2.75) is 31.1 Å². The number of hydrogen-bond acceptors (Lipinski definition) is 5. The molecule has 1 aromatic carbocycles. The Labute approximate surface area is 123 Å². The number of sulfonamides is 1. The van der Waals surface area contributed by atoms with E-state index in [1.54, 1.807) is 0 Å². The van der Waals surface area contributed by atoms with Crippen LogP contribution in [0.1, 0.15) is 26.2 Å². The summed E-state index contributed by atoms with van der Waals surface area (Å²) in [5, 5.41) is 10.6. The lowest BCUT2D eigenvalue weighted by Gasteiger charge is -2.16. The van der Waals surface area contributed by atoms with E-state index < -0.39 is 14.9 Å². The summed E-state index contributed by atoms with van der Waals surface area (Å²) in [5.41, 5.74) is 5.29. The highest BCUT2D eigenvalue weighted by Gasteiger charge is 2.26. The van der Waals surface area contributed by atoms with E-state index in [0.29, 0.717) is 18.4 Å². The summed E-state index contributed by atoms with van der Waals surface area (Å²) in [7, 11) is -3.74. The summed E-state index contributed by atoms with van der Waals surface area (Å²) in [4.78, 5) is 9.91. The highest BCUT2D eigenvalue weighted by Crippen LogP contribution is 2.31. The first-order chi connectivity index (χ1) is 9.81. The van der Waals surface area contributed by atoms with Crippen molar-refractivity contribution >= 4 is 21.4 Å². The van der Waals surface area contributed by atoms with E-state index in [9.17, 15) is 18.5 Å². The van der Waals surface area contributed by atoms with Gasteiger partial charge in [-0.2, -0.15) is 0 Å². The zero-order valence-electron chi connectivity index (χ0n) is 11.8. The minimum absolute atomic E-state index is 0.112. The monoisotopic (exact) mass is 313 g/mol.